The van der Waals surface area contributed by atoms with Gasteiger partial charge < -0.3 is 10.2 Å². The molecule has 0 saturated carbocycles. The molecule has 6 nitrogen and oxygen atoms in total. The number of hydrogen-bond donors (Lipinski definition) is 2. The van der Waals surface area contributed by atoms with E-state index in [-0.39, 0.29) is 24.0 Å². The van der Waals surface area contributed by atoms with Crippen molar-refractivity contribution in [3.8, 4) is 0 Å². The summed E-state index contributed by atoms with van der Waals surface area (Å²) in [5.74, 6) is -1.98. The Kier molecular flexibility index (Phi) is 3.91. The Hall–Kier alpha value is -1.02. The summed E-state index contributed by atoms with van der Waals surface area (Å²) in [4.78, 5) is 3.85. The molecule has 1 atom stereocenters. The van der Waals surface area contributed by atoms with Crippen LogP contribution in [0.15, 0.2) is 29.4 Å². The van der Waals surface area contributed by atoms with Crippen LogP contribution >= 0.6 is 0 Å². The lowest BCUT2D eigenvalue weighted by Crippen LogP contribution is -2.47. The highest BCUT2D eigenvalue weighted by Gasteiger charge is 2.39. The van der Waals surface area contributed by atoms with Crippen LogP contribution in [0.3, 0.4) is 0 Å². The molecule has 2 heterocycles. The molecular formula is C12H18N2O4S. The molecule has 7 heteroatoms. The fourth-order valence-electron chi connectivity index (χ4n) is 2.25. The molecule has 1 aliphatic rings. The van der Waals surface area contributed by atoms with Gasteiger partial charge in [-0.3, -0.25) is 0 Å². The van der Waals surface area contributed by atoms with Crippen molar-refractivity contribution in [1.29, 1.82) is 0 Å². The Labute approximate surface area is 112 Å². The normalized spacial score (nSPS) is 24.9. The van der Waals surface area contributed by atoms with Crippen LogP contribution in [0, 0.1) is 0 Å². The van der Waals surface area contributed by atoms with Gasteiger partial charge in [-0.25, -0.2) is 13.4 Å². The third-order valence-corrected chi connectivity index (χ3v) is 5.19. The Bertz CT molecular complexity index is 530. The van der Waals surface area contributed by atoms with Gasteiger partial charge in [0.25, 0.3) is 10.0 Å². The summed E-state index contributed by atoms with van der Waals surface area (Å²) >= 11 is 0. The van der Waals surface area contributed by atoms with Gasteiger partial charge in [0.1, 0.15) is 0 Å². The van der Waals surface area contributed by atoms with E-state index in [0.717, 1.165) is 4.31 Å². The Balaban J connectivity index is 2.37. The second-order valence-electron chi connectivity index (χ2n) is 4.94. The third kappa shape index (κ3) is 3.11. The number of aliphatic hydroxyl groups is 2. The standard InChI is InChI=1S/C12H18N2O4S/c1-10-5-4-7-12(15,16)9-14(10)19(17,18)11-6-2-3-8-13-11/h2-3,6,8,10,15-16H,4-5,7,9H2,1H3/t10-/m1/s1. The topological polar surface area (TPSA) is 90.7 Å². The van der Waals surface area contributed by atoms with Gasteiger partial charge in [0, 0.05) is 18.7 Å². The SMILES string of the molecule is C[C@@H]1CCCC(O)(O)CN1S(=O)(=O)c1ccccn1. The maximum atomic E-state index is 12.5. The zero-order valence-electron chi connectivity index (χ0n) is 10.7. The molecule has 0 amide bonds. The summed E-state index contributed by atoms with van der Waals surface area (Å²) in [6, 6.07) is 4.35. The van der Waals surface area contributed by atoms with E-state index in [1.165, 1.54) is 12.3 Å². The van der Waals surface area contributed by atoms with Crippen LogP contribution in [0.5, 0.6) is 0 Å². The number of β-amino-alcohol motifs (C(OH)–C–C–N with tert-alkyl or cyclic N) is 2. The van der Waals surface area contributed by atoms with Crippen LogP contribution in [0.4, 0.5) is 0 Å². The van der Waals surface area contributed by atoms with Crippen molar-refractivity contribution in [1.82, 2.24) is 9.29 Å². The summed E-state index contributed by atoms with van der Waals surface area (Å²) in [5.41, 5.74) is 0. The summed E-state index contributed by atoms with van der Waals surface area (Å²) in [5, 5.41) is 19.5. The van der Waals surface area contributed by atoms with E-state index in [0.29, 0.717) is 12.8 Å². The highest BCUT2D eigenvalue weighted by Crippen LogP contribution is 2.27. The summed E-state index contributed by atoms with van der Waals surface area (Å²) < 4.78 is 26.1. The van der Waals surface area contributed by atoms with Crippen LogP contribution in [-0.2, 0) is 10.0 Å². The van der Waals surface area contributed by atoms with Gasteiger partial charge >= 0.3 is 0 Å². The van der Waals surface area contributed by atoms with Crippen molar-refractivity contribution in [3.63, 3.8) is 0 Å². The maximum Gasteiger partial charge on any atom is 0.260 e. The highest BCUT2D eigenvalue weighted by molar-refractivity contribution is 7.89. The van der Waals surface area contributed by atoms with E-state index in [9.17, 15) is 18.6 Å². The van der Waals surface area contributed by atoms with Crippen LogP contribution in [-0.4, -0.2) is 46.3 Å². The lowest BCUT2D eigenvalue weighted by Gasteiger charge is -2.29. The Morgan fingerprint density at radius 3 is 2.79 bits per heavy atom. The summed E-state index contributed by atoms with van der Waals surface area (Å²) in [6.45, 7) is 1.44. The van der Waals surface area contributed by atoms with Gasteiger partial charge in [0.15, 0.2) is 10.8 Å². The van der Waals surface area contributed by atoms with Crippen molar-refractivity contribution in [2.24, 2.45) is 0 Å². The highest BCUT2D eigenvalue weighted by atomic mass is 32.2. The predicted octanol–water partition coefficient (Wildman–Crippen LogP) is 0.326. The summed E-state index contributed by atoms with van der Waals surface area (Å²) in [7, 11) is -3.80. The second kappa shape index (κ2) is 5.16. The molecule has 0 unspecified atom stereocenters. The van der Waals surface area contributed by atoms with Crippen LogP contribution in [0.2, 0.25) is 0 Å². The van der Waals surface area contributed by atoms with E-state index in [1.807, 2.05) is 0 Å². The zero-order chi connectivity index (χ0) is 14.1. The monoisotopic (exact) mass is 286 g/mol. The molecule has 1 saturated heterocycles. The fourth-order valence-corrected chi connectivity index (χ4v) is 3.89. The smallest absolute Gasteiger partial charge is 0.260 e. The largest absolute Gasteiger partial charge is 0.365 e. The predicted molar refractivity (Wildman–Crippen MR) is 68.6 cm³/mol. The number of pyridine rings is 1. The van der Waals surface area contributed by atoms with Crippen LogP contribution in [0.25, 0.3) is 0 Å². The minimum atomic E-state index is -3.80. The second-order valence-corrected chi connectivity index (χ2v) is 6.78. The molecule has 1 aromatic rings. The van der Waals surface area contributed by atoms with Crippen LogP contribution < -0.4 is 0 Å². The molecule has 0 spiro atoms. The quantitative estimate of drug-likeness (QED) is 0.764. The molecular weight excluding hydrogens is 268 g/mol. The first-order valence-corrected chi connectivity index (χ1v) is 7.64. The van der Waals surface area contributed by atoms with E-state index in [2.05, 4.69) is 4.98 Å². The molecule has 1 fully saturated rings. The molecule has 1 aliphatic heterocycles. The molecule has 0 radical (unpaired) electrons. The first-order valence-electron chi connectivity index (χ1n) is 6.20. The van der Waals surface area contributed by atoms with Gasteiger partial charge in [-0.2, -0.15) is 4.31 Å². The average Bonchev–Trinajstić information content (AvgIpc) is 2.49. The maximum absolute atomic E-state index is 12.5. The average molecular weight is 286 g/mol. The van der Waals surface area contributed by atoms with Gasteiger partial charge in [-0.1, -0.05) is 6.07 Å². The van der Waals surface area contributed by atoms with Gasteiger partial charge in [0.2, 0.25) is 0 Å². The number of nitrogens with zero attached hydrogens (tertiary/aromatic N) is 2. The van der Waals surface area contributed by atoms with Crippen molar-refractivity contribution >= 4 is 10.0 Å². The van der Waals surface area contributed by atoms with E-state index in [1.54, 1.807) is 19.1 Å². The Morgan fingerprint density at radius 1 is 1.42 bits per heavy atom. The van der Waals surface area contributed by atoms with Crippen LogP contribution in [0.1, 0.15) is 26.2 Å². The number of hydrogen-bond acceptors (Lipinski definition) is 5. The Morgan fingerprint density at radius 2 is 2.16 bits per heavy atom. The van der Waals surface area contributed by atoms with E-state index >= 15 is 0 Å². The van der Waals surface area contributed by atoms with E-state index in [4.69, 9.17) is 0 Å². The minimum Gasteiger partial charge on any atom is -0.365 e. The van der Waals surface area contributed by atoms with Gasteiger partial charge in [0.05, 0.1) is 6.54 Å². The zero-order valence-corrected chi connectivity index (χ0v) is 11.5. The van der Waals surface area contributed by atoms with Crippen molar-refractivity contribution < 1.29 is 18.6 Å². The first-order chi connectivity index (χ1) is 8.83. The lowest BCUT2D eigenvalue weighted by molar-refractivity contribution is -0.167. The molecule has 2 N–H and O–H groups in total. The first kappa shape index (κ1) is 14.4. The van der Waals surface area contributed by atoms with Crippen molar-refractivity contribution in [2.75, 3.05) is 6.54 Å². The van der Waals surface area contributed by atoms with Gasteiger partial charge in [-0.15, -0.1) is 0 Å². The van der Waals surface area contributed by atoms with Gasteiger partial charge in [-0.05, 0) is 31.9 Å². The third-order valence-electron chi connectivity index (χ3n) is 3.31. The molecule has 0 bridgehead atoms. The minimum absolute atomic E-state index is 0.0699. The molecule has 0 aliphatic carbocycles. The fraction of sp³-hybridized carbons (Fsp3) is 0.583. The molecule has 2 rings (SSSR count). The molecule has 19 heavy (non-hydrogen) atoms. The number of rotatable bonds is 2. The van der Waals surface area contributed by atoms with Crippen molar-refractivity contribution in [2.45, 2.75) is 43.0 Å². The lowest BCUT2D eigenvalue weighted by atomic mass is 10.1. The molecule has 0 aromatic carbocycles. The summed E-state index contributed by atoms with van der Waals surface area (Å²) in [6.07, 6.45) is 2.74. The number of sulfonamides is 1. The molecule has 1 aromatic heterocycles. The molecule has 106 valence electrons. The van der Waals surface area contributed by atoms with Crippen molar-refractivity contribution in [3.05, 3.63) is 24.4 Å². The number of aromatic nitrogens is 1. The van der Waals surface area contributed by atoms with E-state index < -0.39 is 15.8 Å².